The second-order valence-electron chi connectivity index (χ2n) is 4.33. The summed E-state index contributed by atoms with van der Waals surface area (Å²) in [5, 5.41) is 8.94. The normalized spacial score (nSPS) is 10.3. The number of hydrogen-bond acceptors (Lipinski definition) is 1. The fraction of sp³-hybridized carbons (Fsp3) is 0.500. The fourth-order valence-corrected chi connectivity index (χ4v) is 1.64. The third-order valence-corrected chi connectivity index (χ3v) is 2.63. The summed E-state index contributed by atoms with van der Waals surface area (Å²) in [7, 11) is 0. The zero-order valence-electron chi connectivity index (χ0n) is 9.88. The van der Waals surface area contributed by atoms with Gasteiger partial charge in [-0.15, -0.1) is 0 Å². The third-order valence-electron chi connectivity index (χ3n) is 2.63. The molecule has 0 aromatic heterocycles. The standard InChI is InChI=1S/C14H19N/c1-4-5-6-12-7-13(10-15)9-14(8-12)11(2)3/h7-9,11H,4-6H2,1-3H3. The second kappa shape index (κ2) is 5.56. The first-order valence-electron chi connectivity index (χ1n) is 5.71. The van der Waals surface area contributed by atoms with Crippen LogP contribution in [0.4, 0.5) is 0 Å². The molecule has 0 aliphatic rings. The van der Waals surface area contributed by atoms with Crippen LogP contribution in [0.25, 0.3) is 0 Å². The lowest BCUT2D eigenvalue weighted by Gasteiger charge is -2.09. The largest absolute Gasteiger partial charge is 0.192 e. The summed E-state index contributed by atoms with van der Waals surface area (Å²) in [5.74, 6) is 0.499. The predicted octanol–water partition coefficient (Wildman–Crippen LogP) is 4.02. The van der Waals surface area contributed by atoms with E-state index in [0.717, 1.165) is 12.0 Å². The van der Waals surface area contributed by atoms with Crippen molar-refractivity contribution in [3.63, 3.8) is 0 Å². The van der Waals surface area contributed by atoms with E-state index in [9.17, 15) is 0 Å². The topological polar surface area (TPSA) is 23.8 Å². The van der Waals surface area contributed by atoms with Gasteiger partial charge in [0.15, 0.2) is 0 Å². The molecule has 0 radical (unpaired) electrons. The highest BCUT2D eigenvalue weighted by molar-refractivity contribution is 5.38. The van der Waals surface area contributed by atoms with Gasteiger partial charge in [0.2, 0.25) is 0 Å². The van der Waals surface area contributed by atoms with Crippen molar-refractivity contribution in [2.75, 3.05) is 0 Å². The van der Waals surface area contributed by atoms with Gasteiger partial charge in [0.05, 0.1) is 11.6 Å². The molecule has 1 aromatic rings. The highest BCUT2D eigenvalue weighted by Crippen LogP contribution is 2.19. The first-order valence-corrected chi connectivity index (χ1v) is 5.71. The number of rotatable bonds is 4. The lowest BCUT2D eigenvalue weighted by atomic mass is 9.96. The van der Waals surface area contributed by atoms with Crippen LogP contribution in [0.1, 0.15) is 56.2 Å². The highest BCUT2D eigenvalue weighted by atomic mass is 14.2. The average molecular weight is 201 g/mol. The lowest BCUT2D eigenvalue weighted by molar-refractivity contribution is 0.789. The van der Waals surface area contributed by atoms with Gasteiger partial charge in [0.25, 0.3) is 0 Å². The highest BCUT2D eigenvalue weighted by Gasteiger charge is 2.03. The van der Waals surface area contributed by atoms with E-state index in [-0.39, 0.29) is 0 Å². The molecule has 0 amide bonds. The van der Waals surface area contributed by atoms with Crippen LogP contribution in [0, 0.1) is 11.3 Å². The van der Waals surface area contributed by atoms with Crippen molar-refractivity contribution in [1.82, 2.24) is 0 Å². The molecule has 15 heavy (non-hydrogen) atoms. The molecule has 0 heterocycles. The van der Waals surface area contributed by atoms with Crippen LogP contribution in [-0.2, 0) is 6.42 Å². The Morgan fingerprint density at radius 2 is 2.00 bits per heavy atom. The Morgan fingerprint density at radius 1 is 1.27 bits per heavy atom. The van der Waals surface area contributed by atoms with Gasteiger partial charge in [-0.3, -0.25) is 0 Å². The minimum absolute atomic E-state index is 0.499. The monoisotopic (exact) mass is 201 g/mol. The van der Waals surface area contributed by atoms with Crippen molar-refractivity contribution in [1.29, 1.82) is 5.26 Å². The number of unbranched alkanes of at least 4 members (excludes halogenated alkanes) is 1. The zero-order chi connectivity index (χ0) is 11.3. The second-order valence-corrected chi connectivity index (χ2v) is 4.33. The summed E-state index contributed by atoms with van der Waals surface area (Å²) in [6.45, 7) is 6.53. The van der Waals surface area contributed by atoms with E-state index in [1.165, 1.54) is 24.0 Å². The van der Waals surface area contributed by atoms with Gasteiger partial charge < -0.3 is 0 Å². The quantitative estimate of drug-likeness (QED) is 0.721. The predicted molar refractivity (Wildman–Crippen MR) is 63.9 cm³/mol. The van der Waals surface area contributed by atoms with E-state index in [0.29, 0.717) is 5.92 Å². The zero-order valence-corrected chi connectivity index (χ0v) is 9.88. The third kappa shape index (κ3) is 3.40. The maximum absolute atomic E-state index is 8.94. The minimum atomic E-state index is 0.499. The molecule has 0 N–H and O–H groups in total. The van der Waals surface area contributed by atoms with Gasteiger partial charge in [-0.1, -0.05) is 33.3 Å². The van der Waals surface area contributed by atoms with E-state index >= 15 is 0 Å². The summed E-state index contributed by atoms with van der Waals surface area (Å²) in [6, 6.07) is 8.49. The summed E-state index contributed by atoms with van der Waals surface area (Å²) in [5.41, 5.74) is 3.38. The Balaban J connectivity index is 2.96. The molecular formula is C14H19N. The van der Waals surface area contributed by atoms with Crippen LogP contribution < -0.4 is 0 Å². The van der Waals surface area contributed by atoms with Gasteiger partial charge in [-0.25, -0.2) is 0 Å². The summed E-state index contributed by atoms with van der Waals surface area (Å²) >= 11 is 0. The van der Waals surface area contributed by atoms with E-state index < -0.39 is 0 Å². The van der Waals surface area contributed by atoms with Crippen molar-refractivity contribution in [3.05, 3.63) is 34.9 Å². The molecule has 0 saturated heterocycles. The summed E-state index contributed by atoms with van der Waals surface area (Å²) in [4.78, 5) is 0. The molecule has 1 heteroatoms. The van der Waals surface area contributed by atoms with Crippen molar-refractivity contribution < 1.29 is 0 Å². The lowest BCUT2D eigenvalue weighted by Crippen LogP contribution is -1.93. The van der Waals surface area contributed by atoms with Crippen LogP contribution in [0.15, 0.2) is 18.2 Å². The average Bonchev–Trinajstić information content (AvgIpc) is 2.25. The van der Waals surface area contributed by atoms with Gasteiger partial charge in [-0.05, 0) is 42.0 Å². The first kappa shape index (κ1) is 11.8. The number of hydrogen-bond donors (Lipinski definition) is 0. The Morgan fingerprint density at radius 3 is 2.53 bits per heavy atom. The van der Waals surface area contributed by atoms with Crippen LogP contribution in [-0.4, -0.2) is 0 Å². The van der Waals surface area contributed by atoms with E-state index in [2.05, 4.69) is 32.9 Å². The fourth-order valence-electron chi connectivity index (χ4n) is 1.64. The Hall–Kier alpha value is -1.29. The van der Waals surface area contributed by atoms with E-state index in [1.807, 2.05) is 12.1 Å². The number of benzene rings is 1. The maximum Gasteiger partial charge on any atom is 0.0991 e. The molecule has 0 saturated carbocycles. The number of aryl methyl sites for hydroxylation is 1. The molecular weight excluding hydrogens is 182 g/mol. The molecule has 80 valence electrons. The maximum atomic E-state index is 8.94. The van der Waals surface area contributed by atoms with E-state index in [4.69, 9.17) is 5.26 Å². The molecule has 0 spiro atoms. The molecule has 0 bridgehead atoms. The molecule has 0 unspecified atom stereocenters. The Kier molecular flexibility index (Phi) is 4.37. The molecule has 0 aliphatic heterocycles. The molecule has 1 nitrogen and oxygen atoms in total. The molecule has 0 aliphatic carbocycles. The van der Waals surface area contributed by atoms with Gasteiger partial charge in [-0.2, -0.15) is 5.26 Å². The Labute approximate surface area is 92.7 Å². The van der Waals surface area contributed by atoms with Gasteiger partial charge in [0, 0.05) is 0 Å². The molecule has 1 aromatic carbocycles. The van der Waals surface area contributed by atoms with Crippen LogP contribution in [0.2, 0.25) is 0 Å². The van der Waals surface area contributed by atoms with E-state index in [1.54, 1.807) is 0 Å². The molecule has 0 atom stereocenters. The first-order chi connectivity index (χ1) is 7.17. The Bertz CT molecular complexity index is 358. The van der Waals surface area contributed by atoms with Crippen LogP contribution >= 0.6 is 0 Å². The van der Waals surface area contributed by atoms with Crippen molar-refractivity contribution in [2.24, 2.45) is 0 Å². The van der Waals surface area contributed by atoms with Crippen molar-refractivity contribution in [3.8, 4) is 6.07 Å². The molecule has 1 rings (SSSR count). The summed E-state index contributed by atoms with van der Waals surface area (Å²) < 4.78 is 0. The van der Waals surface area contributed by atoms with Gasteiger partial charge >= 0.3 is 0 Å². The smallest absolute Gasteiger partial charge is 0.0991 e. The molecule has 0 fully saturated rings. The number of nitriles is 1. The van der Waals surface area contributed by atoms with Gasteiger partial charge in [0.1, 0.15) is 0 Å². The van der Waals surface area contributed by atoms with Crippen LogP contribution in [0.5, 0.6) is 0 Å². The SMILES string of the molecule is CCCCc1cc(C#N)cc(C(C)C)c1. The van der Waals surface area contributed by atoms with Crippen molar-refractivity contribution in [2.45, 2.75) is 46.0 Å². The van der Waals surface area contributed by atoms with Crippen molar-refractivity contribution >= 4 is 0 Å². The van der Waals surface area contributed by atoms with Crippen LogP contribution in [0.3, 0.4) is 0 Å². The summed E-state index contributed by atoms with van der Waals surface area (Å²) in [6.07, 6.45) is 3.49. The number of nitrogens with zero attached hydrogens (tertiary/aromatic N) is 1. The minimum Gasteiger partial charge on any atom is -0.192 e.